The highest BCUT2D eigenvalue weighted by Gasteiger charge is 2.53. The monoisotopic (exact) mass is 731 g/mol. The molecule has 0 saturated carbocycles. The van der Waals surface area contributed by atoms with E-state index in [1.807, 2.05) is 4.90 Å². The molecule has 0 aromatic carbocycles. The van der Waals surface area contributed by atoms with Crippen LogP contribution in [-0.4, -0.2) is 196 Å². The number of fused-ring (bicyclic) bond motifs is 2. The Balaban J connectivity index is 0.932. The number of aliphatic hydroxyl groups is 1. The van der Waals surface area contributed by atoms with Gasteiger partial charge in [-0.1, -0.05) is 6.92 Å². The first-order valence-corrected chi connectivity index (χ1v) is 20.7. The molecule has 52 heavy (non-hydrogen) atoms. The Labute approximate surface area is 315 Å². The molecule has 6 aliphatic rings. The number of likely N-dealkylation sites (tertiary alicyclic amines) is 2. The van der Waals surface area contributed by atoms with Crippen molar-refractivity contribution in [3.63, 3.8) is 0 Å². The minimum absolute atomic E-state index is 0.00137. The lowest BCUT2D eigenvalue weighted by molar-refractivity contribution is -0.182. The Hall–Kier alpha value is -1.38. The summed E-state index contributed by atoms with van der Waals surface area (Å²) in [6.45, 7) is 31.6. The van der Waals surface area contributed by atoms with Crippen LogP contribution in [0.2, 0.25) is 0 Å². The average molecular weight is 731 g/mol. The third kappa shape index (κ3) is 7.71. The lowest BCUT2D eigenvalue weighted by atomic mass is 9.75. The molecule has 298 valence electrons. The first kappa shape index (κ1) is 40.3. The van der Waals surface area contributed by atoms with Gasteiger partial charge in [0.25, 0.3) is 5.91 Å². The maximum atomic E-state index is 13.5. The Bertz CT molecular complexity index is 1260. The van der Waals surface area contributed by atoms with Crippen LogP contribution in [0.1, 0.15) is 101 Å². The Kier molecular flexibility index (Phi) is 11.6. The van der Waals surface area contributed by atoms with Gasteiger partial charge in [-0.15, -0.1) is 0 Å². The van der Waals surface area contributed by atoms with Gasteiger partial charge < -0.3 is 25.0 Å². The molecule has 6 rings (SSSR count). The second-order valence-corrected chi connectivity index (χ2v) is 19.4. The van der Waals surface area contributed by atoms with Gasteiger partial charge in [-0.2, -0.15) is 0 Å². The molecule has 6 heterocycles. The fourth-order valence-corrected chi connectivity index (χ4v) is 10.7. The number of amides is 2. The highest BCUT2D eigenvalue weighted by molar-refractivity contribution is 5.79. The maximum absolute atomic E-state index is 13.5. The van der Waals surface area contributed by atoms with E-state index < -0.39 is 6.29 Å². The fraction of sp³-hybridized carbons (Fsp3) is 0.950. The summed E-state index contributed by atoms with van der Waals surface area (Å²) in [6, 6.07) is 1.44. The van der Waals surface area contributed by atoms with Gasteiger partial charge in [0.15, 0.2) is 0 Å². The number of ether oxygens (including phenoxy) is 1. The van der Waals surface area contributed by atoms with Crippen molar-refractivity contribution in [2.75, 3.05) is 92.1 Å². The van der Waals surface area contributed by atoms with E-state index in [1.165, 1.54) is 32.4 Å². The van der Waals surface area contributed by atoms with Crippen LogP contribution >= 0.6 is 0 Å². The minimum atomic E-state index is -1.43. The predicted molar refractivity (Wildman–Crippen MR) is 206 cm³/mol. The van der Waals surface area contributed by atoms with E-state index >= 15 is 0 Å². The number of likely N-dealkylation sites (N-methyl/N-ethyl adjacent to an activating group) is 1. The summed E-state index contributed by atoms with van der Waals surface area (Å²) < 4.78 is 6.07. The van der Waals surface area contributed by atoms with Gasteiger partial charge in [0.1, 0.15) is 0 Å². The molecule has 2 bridgehead atoms. The van der Waals surface area contributed by atoms with E-state index in [2.05, 4.69) is 92.3 Å². The third-order valence-electron chi connectivity index (χ3n) is 15.6. The second-order valence-electron chi connectivity index (χ2n) is 19.4. The van der Waals surface area contributed by atoms with Crippen molar-refractivity contribution in [1.29, 1.82) is 0 Å². The molecule has 12 heteroatoms. The van der Waals surface area contributed by atoms with E-state index in [1.54, 1.807) is 11.8 Å². The molecule has 6 aliphatic heterocycles. The van der Waals surface area contributed by atoms with Crippen LogP contribution in [0.3, 0.4) is 0 Å². The number of nitrogens with one attached hydrogen (secondary N) is 1. The van der Waals surface area contributed by atoms with Crippen molar-refractivity contribution in [1.82, 2.24) is 39.6 Å². The maximum Gasteiger partial charge on any atom is 0.279 e. The Morgan fingerprint density at radius 1 is 0.788 bits per heavy atom. The standard InChI is InChI=1S/C40H74N8O4/c1-11-39(9,38(7,8)45-20-16-43(17-21-45)30(2)49)46-22-18-44(19-23-46)34(50)35(51)52-33-24-40(41-25-33)28-48(29-40)37(5,6)15-14-36(3,4)47-26-31-12-13-32(27-47)42(31)10/h31-33,35,41,51H,11-29H2,1-10H3. The molecule has 2 amide bonds. The van der Waals surface area contributed by atoms with Crippen LogP contribution in [-0.2, 0) is 14.3 Å². The van der Waals surface area contributed by atoms with Crippen LogP contribution in [0.4, 0.5) is 0 Å². The number of nitrogens with zero attached hydrogens (tertiary/aromatic N) is 7. The summed E-state index contributed by atoms with van der Waals surface area (Å²) in [7, 11) is 2.32. The summed E-state index contributed by atoms with van der Waals surface area (Å²) in [4.78, 5) is 42.2. The van der Waals surface area contributed by atoms with E-state index in [4.69, 9.17) is 4.74 Å². The average Bonchev–Trinajstić information content (AvgIpc) is 3.59. The lowest BCUT2D eigenvalue weighted by Crippen LogP contribution is -2.71. The van der Waals surface area contributed by atoms with E-state index in [9.17, 15) is 14.7 Å². The van der Waals surface area contributed by atoms with Gasteiger partial charge in [-0.05, 0) is 94.0 Å². The summed E-state index contributed by atoms with van der Waals surface area (Å²) in [5.41, 5.74) is 0.0870. The molecule has 0 aliphatic carbocycles. The van der Waals surface area contributed by atoms with Crippen molar-refractivity contribution < 1.29 is 19.4 Å². The molecule has 1 spiro atoms. The second kappa shape index (κ2) is 14.9. The van der Waals surface area contributed by atoms with Gasteiger partial charge in [-0.25, -0.2) is 0 Å². The van der Waals surface area contributed by atoms with Crippen LogP contribution in [0.25, 0.3) is 0 Å². The summed E-state index contributed by atoms with van der Waals surface area (Å²) in [5, 5.41) is 14.7. The van der Waals surface area contributed by atoms with E-state index in [-0.39, 0.29) is 45.6 Å². The third-order valence-corrected chi connectivity index (χ3v) is 15.6. The van der Waals surface area contributed by atoms with Gasteiger partial charge in [0.2, 0.25) is 12.2 Å². The smallest absolute Gasteiger partial charge is 0.279 e. The molecule has 6 saturated heterocycles. The van der Waals surface area contributed by atoms with E-state index in [0.717, 1.165) is 83.7 Å². The zero-order chi connectivity index (χ0) is 37.9. The number of hydrogen-bond donors (Lipinski definition) is 2. The van der Waals surface area contributed by atoms with Gasteiger partial charge >= 0.3 is 0 Å². The van der Waals surface area contributed by atoms with Crippen molar-refractivity contribution in [3.8, 4) is 0 Å². The Morgan fingerprint density at radius 2 is 1.31 bits per heavy atom. The first-order valence-electron chi connectivity index (χ1n) is 20.7. The molecule has 0 aromatic heterocycles. The van der Waals surface area contributed by atoms with Crippen molar-refractivity contribution in [2.45, 2.75) is 153 Å². The molecular weight excluding hydrogens is 656 g/mol. The van der Waals surface area contributed by atoms with Crippen molar-refractivity contribution >= 4 is 11.8 Å². The minimum Gasteiger partial charge on any atom is -0.360 e. The lowest BCUT2D eigenvalue weighted by Gasteiger charge is -2.58. The van der Waals surface area contributed by atoms with Crippen LogP contribution in [0.15, 0.2) is 0 Å². The molecule has 5 atom stereocenters. The fourth-order valence-electron chi connectivity index (χ4n) is 10.7. The highest BCUT2D eigenvalue weighted by atomic mass is 16.6. The number of carbonyl (C=O) groups excluding carboxylic acids is 2. The number of carbonyl (C=O) groups is 2. The first-order chi connectivity index (χ1) is 24.3. The van der Waals surface area contributed by atoms with Gasteiger partial charge in [0.05, 0.1) is 6.10 Å². The Morgan fingerprint density at radius 3 is 1.85 bits per heavy atom. The van der Waals surface area contributed by atoms with Gasteiger partial charge in [-0.3, -0.25) is 34.1 Å². The molecule has 6 fully saturated rings. The molecule has 0 radical (unpaired) electrons. The topological polar surface area (TPSA) is 98.3 Å². The number of aliphatic hydroxyl groups excluding tert-OH is 1. The van der Waals surface area contributed by atoms with Crippen LogP contribution in [0.5, 0.6) is 0 Å². The molecule has 0 aromatic rings. The zero-order valence-corrected chi connectivity index (χ0v) is 34.5. The zero-order valence-electron chi connectivity index (χ0n) is 34.5. The normalized spacial score (nSPS) is 30.5. The SMILES string of the molecule is CCC(C)(N1CCN(C(=O)C(O)OC2CNC3(C2)CN(C(C)(C)CCC(C)(C)N2CC4CCC(C2)N4C)C3)CC1)C(C)(C)N1CCN(C(C)=O)CC1. The molecule has 12 nitrogen and oxygen atoms in total. The van der Waals surface area contributed by atoms with Gasteiger partial charge in [0, 0.05) is 132 Å². The summed E-state index contributed by atoms with van der Waals surface area (Å²) in [5.74, 6) is -0.163. The predicted octanol–water partition coefficient (Wildman–Crippen LogP) is 2.11. The summed E-state index contributed by atoms with van der Waals surface area (Å²) in [6.07, 6.45) is 5.22. The summed E-state index contributed by atoms with van der Waals surface area (Å²) >= 11 is 0. The molecular formula is C40H74N8O4. The molecule has 5 unspecified atom stereocenters. The highest BCUT2D eigenvalue weighted by Crippen LogP contribution is 2.41. The quantitative estimate of drug-likeness (QED) is 0.291. The van der Waals surface area contributed by atoms with E-state index in [0.29, 0.717) is 19.6 Å². The largest absolute Gasteiger partial charge is 0.360 e. The van der Waals surface area contributed by atoms with Crippen LogP contribution < -0.4 is 5.32 Å². The molecule has 2 N–H and O–H groups in total. The number of hydrogen-bond acceptors (Lipinski definition) is 10. The van der Waals surface area contributed by atoms with Crippen molar-refractivity contribution in [2.24, 2.45) is 0 Å². The van der Waals surface area contributed by atoms with Crippen molar-refractivity contribution in [3.05, 3.63) is 0 Å². The number of rotatable bonds is 12. The number of piperazine rings is 3. The van der Waals surface area contributed by atoms with Crippen LogP contribution in [0, 0.1) is 0 Å².